The quantitative estimate of drug-likeness (QED) is 0.174. The van der Waals surface area contributed by atoms with Gasteiger partial charge in [0.2, 0.25) is 11.2 Å². The van der Waals surface area contributed by atoms with Crippen molar-refractivity contribution in [3.63, 3.8) is 0 Å². The Balaban J connectivity index is 0.000000111. The third-order valence-corrected chi connectivity index (χ3v) is 24.0. The Labute approximate surface area is 587 Å². The molecule has 22 aromatic rings. The molecule has 0 aliphatic heterocycles. The van der Waals surface area contributed by atoms with Crippen LogP contribution in [0.5, 0.6) is 0 Å². The van der Waals surface area contributed by atoms with Crippen molar-refractivity contribution in [3.8, 4) is 50.7 Å². The van der Waals surface area contributed by atoms with E-state index in [-0.39, 0.29) is 5.28 Å². The second-order valence-electron chi connectivity index (χ2n) is 24.8. The van der Waals surface area contributed by atoms with Crippen molar-refractivity contribution in [3.05, 3.63) is 309 Å². The molecule has 22 rings (SSSR count). The number of thiophene rings is 4. The predicted molar refractivity (Wildman–Crippen MR) is 428 cm³/mol. The van der Waals surface area contributed by atoms with Crippen LogP contribution in [0.4, 0.5) is 0 Å². The van der Waals surface area contributed by atoms with Gasteiger partial charge in [-0.15, -0.1) is 45.3 Å². The Bertz CT molecular complexity index is 6990. The summed E-state index contributed by atoms with van der Waals surface area (Å²) in [6.45, 7) is 0. The van der Waals surface area contributed by atoms with E-state index in [4.69, 9.17) is 21.6 Å². The van der Waals surface area contributed by atoms with E-state index in [0.29, 0.717) is 5.95 Å². The summed E-state index contributed by atoms with van der Waals surface area (Å²) in [6, 6.07) is 108. The molecule has 0 amide bonds. The van der Waals surface area contributed by atoms with Gasteiger partial charge in [-0.05, 0) is 81.0 Å². The molecule has 0 atom stereocenters. The third-order valence-electron chi connectivity index (χ3n) is 19.3. The maximum atomic E-state index is 6.21. The number of hydrogen-bond acceptors (Lipinski definition) is 8. The number of H-pyrrole nitrogens is 1. The van der Waals surface area contributed by atoms with Crippen molar-refractivity contribution >= 4 is 203 Å². The first kappa shape index (κ1) is 57.7. The van der Waals surface area contributed by atoms with Crippen LogP contribution < -0.4 is 0 Å². The summed E-state index contributed by atoms with van der Waals surface area (Å²) in [6.07, 6.45) is 0. The zero-order valence-corrected chi connectivity index (χ0v) is 56.6. The molecule has 0 aliphatic rings. The van der Waals surface area contributed by atoms with Gasteiger partial charge in [-0.25, -0.2) is 19.9 Å². The molecule has 0 saturated heterocycles. The van der Waals surface area contributed by atoms with Gasteiger partial charge in [0.05, 0.1) is 27.9 Å². The first-order valence-corrected chi connectivity index (χ1v) is 36.5. The van der Waals surface area contributed by atoms with Crippen molar-refractivity contribution in [2.24, 2.45) is 0 Å². The van der Waals surface area contributed by atoms with Crippen LogP contribution in [0.25, 0.3) is 197 Å². The van der Waals surface area contributed by atoms with Gasteiger partial charge in [-0.1, -0.05) is 267 Å². The smallest absolute Gasteiger partial charge is 0.236 e. The van der Waals surface area contributed by atoms with Crippen molar-refractivity contribution in [1.82, 2.24) is 29.5 Å². The molecule has 14 aromatic carbocycles. The fraction of sp³-hybridized carbons (Fsp3) is 0. The average molecular weight is 1360 g/mol. The minimum Gasteiger partial charge on any atom is -0.354 e. The van der Waals surface area contributed by atoms with E-state index < -0.39 is 0 Å². The SMILES string of the molecule is Clc1nc(-c2ccc(-c3ccccc3)cc2)c2c(n1)sc1ccccc12.c1ccc(-c2ccc(-c3nc(-n4c5ccccc5c5c6sc7ccccc7c6c6ccccc6c54)nc4sc5ccccc5c34)cc2)cc1.c1ccc2c(c1)[nH]c1c3ccccc3c3c4ccccc4sc3c21. The molecule has 464 valence electrons. The van der Waals surface area contributed by atoms with Crippen molar-refractivity contribution in [2.45, 2.75) is 0 Å². The number of nitrogens with zero attached hydrogens (tertiary/aromatic N) is 5. The van der Waals surface area contributed by atoms with Gasteiger partial charge >= 0.3 is 0 Å². The highest BCUT2D eigenvalue weighted by Gasteiger charge is 2.26. The summed E-state index contributed by atoms with van der Waals surface area (Å²) in [5.41, 5.74) is 13.5. The zero-order valence-electron chi connectivity index (χ0n) is 52.6. The summed E-state index contributed by atoms with van der Waals surface area (Å²) in [4.78, 5) is 25.5. The molecule has 0 unspecified atom stereocenters. The van der Waals surface area contributed by atoms with Crippen LogP contribution in [0.15, 0.2) is 303 Å². The summed E-state index contributed by atoms with van der Waals surface area (Å²) in [7, 11) is 0. The lowest BCUT2D eigenvalue weighted by Crippen LogP contribution is -2.03. The first-order valence-electron chi connectivity index (χ1n) is 32.9. The number of rotatable bonds is 5. The monoisotopic (exact) mass is 1350 g/mol. The molecule has 11 heteroatoms. The van der Waals surface area contributed by atoms with E-state index >= 15 is 0 Å². The molecule has 0 spiro atoms. The summed E-state index contributed by atoms with van der Waals surface area (Å²) >= 11 is 13.4. The van der Waals surface area contributed by atoms with E-state index in [0.717, 1.165) is 54.0 Å². The van der Waals surface area contributed by atoms with Gasteiger partial charge in [-0.2, -0.15) is 0 Å². The maximum absolute atomic E-state index is 6.21. The normalized spacial score (nSPS) is 11.9. The lowest BCUT2D eigenvalue weighted by atomic mass is 10.00. The van der Waals surface area contributed by atoms with E-state index in [1.807, 2.05) is 40.9 Å². The highest BCUT2D eigenvalue weighted by atomic mass is 35.5. The minimum absolute atomic E-state index is 0.284. The van der Waals surface area contributed by atoms with Crippen LogP contribution >= 0.6 is 56.9 Å². The standard InChI is InChI=1S/C44H25N3S2.C22H13ClN2S.C22H13NS/c1-2-12-26(13-3-1)27-22-24-28(25-23-27)40-38-33-18-8-11-21-36(33)49-43(38)46-44(45-40)47-34-19-9-6-16-31(34)39-41(47)30-15-5-4-14-29(30)37-32-17-7-10-20-35(32)48-42(37)39;23-22-24-20(19-17-8-4-5-9-18(17)26-21(19)25-22)16-12-10-15(11-13-16)14-6-2-1-3-7-14;1-2-8-14-13(7-1)19-16-10-4-6-12-18(16)24-22(19)20-15-9-3-5-11-17(15)23-21(14)20/h1-25H;1-13H;1-12,23H. The van der Waals surface area contributed by atoms with Crippen LogP contribution in [-0.2, 0) is 0 Å². The van der Waals surface area contributed by atoms with Crippen LogP contribution in [0, 0.1) is 0 Å². The third kappa shape index (κ3) is 9.40. The first-order chi connectivity index (χ1) is 49.0. The highest BCUT2D eigenvalue weighted by Crippen LogP contribution is 2.50. The minimum atomic E-state index is 0.284. The molecular weight excluding hydrogens is 1300 g/mol. The topological polar surface area (TPSA) is 72.3 Å². The summed E-state index contributed by atoms with van der Waals surface area (Å²) in [5, 5.41) is 20.5. The number of para-hydroxylation sites is 2. The van der Waals surface area contributed by atoms with Crippen LogP contribution in [0.3, 0.4) is 0 Å². The van der Waals surface area contributed by atoms with Gasteiger partial charge in [0.1, 0.15) is 9.66 Å². The molecule has 0 saturated carbocycles. The van der Waals surface area contributed by atoms with Crippen molar-refractivity contribution < 1.29 is 0 Å². The van der Waals surface area contributed by atoms with Crippen molar-refractivity contribution in [2.75, 3.05) is 0 Å². The highest BCUT2D eigenvalue weighted by molar-refractivity contribution is 7.28. The Morgan fingerprint density at radius 2 is 0.657 bits per heavy atom. The molecule has 99 heavy (non-hydrogen) atoms. The van der Waals surface area contributed by atoms with E-state index in [2.05, 4.69) is 305 Å². The van der Waals surface area contributed by atoms with Gasteiger partial charge in [0.15, 0.2) is 0 Å². The molecule has 8 aromatic heterocycles. The Kier molecular flexibility index (Phi) is 13.6. The number of benzene rings is 14. The Morgan fingerprint density at radius 1 is 0.273 bits per heavy atom. The zero-order chi connectivity index (χ0) is 65.2. The summed E-state index contributed by atoms with van der Waals surface area (Å²) in [5.74, 6) is 0.693. The van der Waals surface area contributed by atoms with E-state index in [1.165, 1.54) is 137 Å². The fourth-order valence-electron chi connectivity index (χ4n) is 14.9. The molecule has 0 bridgehead atoms. The Hall–Kier alpha value is -11.5. The molecule has 8 heterocycles. The number of aromatic nitrogens is 6. The van der Waals surface area contributed by atoms with Gasteiger partial charge in [0.25, 0.3) is 0 Å². The van der Waals surface area contributed by atoms with Crippen molar-refractivity contribution in [1.29, 1.82) is 0 Å². The number of hydrogen-bond donors (Lipinski definition) is 1. The predicted octanol–water partition coefficient (Wildman–Crippen LogP) is 26.5. The average Bonchev–Trinajstić information content (AvgIpc) is 1.54. The number of fused-ring (bicyclic) bond motifs is 26. The molecular formula is C88H51ClN6S4. The molecule has 0 fully saturated rings. The lowest BCUT2D eigenvalue weighted by molar-refractivity contribution is 1.02. The molecule has 0 aliphatic carbocycles. The molecule has 6 nitrogen and oxygen atoms in total. The lowest BCUT2D eigenvalue weighted by Gasteiger charge is -2.12. The van der Waals surface area contributed by atoms with Gasteiger partial charge in [0, 0.05) is 120 Å². The summed E-state index contributed by atoms with van der Waals surface area (Å²) < 4.78 is 10.1. The number of nitrogens with one attached hydrogen (secondary N) is 1. The molecule has 0 radical (unpaired) electrons. The van der Waals surface area contributed by atoms with Crippen LogP contribution in [0.1, 0.15) is 0 Å². The van der Waals surface area contributed by atoms with E-state index in [9.17, 15) is 0 Å². The van der Waals surface area contributed by atoms with Crippen LogP contribution in [0.2, 0.25) is 5.28 Å². The second-order valence-corrected chi connectivity index (χ2v) is 29.4. The second kappa shape index (κ2) is 23.4. The van der Waals surface area contributed by atoms with Gasteiger partial charge < -0.3 is 4.98 Å². The number of halogens is 1. The Morgan fingerprint density at radius 3 is 1.21 bits per heavy atom. The van der Waals surface area contributed by atoms with Gasteiger partial charge in [-0.3, -0.25) is 4.57 Å². The van der Waals surface area contributed by atoms with Crippen LogP contribution in [-0.4, -0.2) is 29.5 Å². The number of aromatic amines is 1. The molecule has 1 N–H and O–H groups in total. The fourth-order valence-corrected chi connectivity index (χ4v) is 19.9. The largest absolute Gasteiger partial charge is 0.354 e. The maximum Gasteiger partial charge on any atom is 0.236 e. The van der Waals surface area contributed by atoms with E-state index in [1.54, 1.807) is 22.7 Å².